The number of fused-ring (bicyclic) bond motifs is 3. The summed E-state index contributed by atoms with van der Waals surface area (Å²) < 4.78 is 1.89. The molecule has 0 radical (unpaired) electrons. The zero-order valence-corrected chi connectivity index (χ0v) is 15.8. The molecule has 5 nitrogen and oxygen atoms in total. The van der Waals surface area contributed by atoms with Gasteiger partial charge in [0.15, 0.2) is 5.65 Å². The molecule has 0 unspecified atom stereocenters. The van der Waals surface area contributed by atoms with E-state index in [9.17, 15) is 4.79 Å². The van der Waals surface area contributed by atoms with Gasteiger partial charge >= 0.3 is 0 Å². The van der Waals surface area contributed by atoms with Crippen LogP contribution < -0.4 is 5.32 Å². The topological polar surface area (TPSA) is 59.3 Å². The molecule has 4 rings (SSSR count). The van der Waals surface area contributed by atoms with E-state index in [2.05, 4.69) is 10.4 Å². The first-order chi connectivity index (χ1) is 13.0. The number of benzene rings is 2. The Morgan fingerprint density at radius 3 is 2.70 bits per heavy atom. The molecule has 0 saturated carbocycles. The summed E-state index contributed by atoms with van der Waals surface area (Å²) in [6, 6.07) is 15.8. The summed E-state index contributed by atoms with van der Waals surface area (Å²) >= 11 is 0. The SMILES string of the molecule is Cc1cccc(NC(=O)CCc2c(C)nc3c4ccccc4nn3c2C)c1. The number of amides is 1. The molecule has 0 aliphatic rings. The van der Waals surface area contributed by atoms with Crippen LogP contribution in [0.15, 0.2) is 48.5 Å². The lowest BCUT2D eigenvalue weighted by molar-refractivity contribution is -0.116. The van der Waals surface area contributed by atoms with Crippen molar-refractivity contribution in [3.63, 3.8) is 0 Å². The highest BCUT2D eigenvalue weighted by atomic mass is 16.1. The Hall–Kier alpha value is -3.21. The van der Waals surface area contributed by atoms with E-state index in [0.29, 0.717) is 12.8 Å². The largest absolute Gasteiger partial charge is 0.326 e. The lowest BCUT2D eigenvalue weighted by Gasteiger charge is -2.11. The van der Waals surface area contributed by atoms with Gasteiger partial charge < -0.3 is 5.32 Å². The predicted octanol–water partition coefficient (Wildman–Crippen LogP) is 4.38. The van der Waals surface area contributed by atoms with Crippen LogP contribution in [-0.4, -0.2) is 20.5 Å². The van der Waals surface area contributed by atoms with Gasteiger partial charge in [0.25, 0.3) is 0 Å². The first kappa shape index (κ1) is 17.2. The molecular formula is C22H22N4O. The Balaban J connectivity index is 1.58. The molecule has 0 bridgehead atoms. The summed E-state index contributed by atoms with van der Waals surface area (Å²) in [4.78, 5) is 17.1. The van der Waals surface area contributed by atoms with Gasteiger partial charge in [-0.05, 0) is 62.6 Å². The molecule has 0 aliphatic carbocycles. The number of anilines is 1. The van der Waals surface area contributed by atoms with Gasteiger partial charge in [0.05, 0.1) is 5.52 Å². The van der Waals surface area contributed by atoms with Crippen molar-refractivity contribution in [2.45, 2.75) is 33.6 Å². The van der Waals surface area contributed by atoms with Gasteiger partial charge in [-0.15, -0.1) is 0 Å². The normalized spacial score (nSPS) is 11.2. The minimum absolute atomic E-state index is 0.00474. The first-order valence-corrected chi connectivity index (χ1v) is 9.13. The van der Waals surface area contributed by atoms with Crippen molar-refractivity contribution in [2.75, 3.05) is 5.32 Å². The smallest absolute Gasteiger partial charge is 0.224 e. The molecule has 2 aromatic carbocycles. The second-order valence-corrected chi connectivity index (χ2v) is 6.93. The Morgan fingerprint density at radius 1 is 1.07 bits per heavy atom. The van der Waals surface area contributed by atoms with Gasteiger partial charge in [-0.3, -0.25) is 4.79 Å². The number of nitrogens with zero attached hydrogens (tertiary/aromatic N) is 3. The zero-order chi connectivity index (χ0) is 19.0. The van der Waals surface area contributed by atoms with Crippen molar-refractivity contribution < 1.29 is 4.79 Å². The number of carbonyl (C=O) groups is 1. The van der Waals surface area contributed by atoms with E-state index in [1.165, 1.54) is 0 Å². The van der Waals surface area contributed by atoms with Crippen molar-refractivity contribution in [3.8, 4) is 0 Å². The van der Waals surface area contributed by atoms with Gasteiger partial charge in [0.2, 0.25) is 5.91 Å². The maximum absolute atomic E-state index is 12.4. The van der Waals surface area contributed by atoms with Crippen LogP contribution in [0.2, 0.25) is 0 Å². The number of aromatic nitrogens is 3. The minimum Gasteiger partial charge on any atom is -0.326 e. The van der Waals surface area contributed by atoms with Gasteiger partial charge in [-0.1, -0.05) is 24.3 Å². The Labute approximate surface area is 158 Å². The van der Waals surface area contributed by atoms with Crippen LogP contribution >= 0.6 is 0 Å². The molecule has 0 fully saturated rings. The number of rotatable bonds is 4. The Bertz CT molecular complexity index is 1160. The lowest BCUT2D eigenvalue weighted by atomic mass is 10.1. The lowest BCUT2D eigenvalue weighted by Crippen LogP contribution is -2.14. The highest BCUT2D eigenvalue weighted by Crippen LogP contribution is 2.23. The summed E-state index contributed by atoms with van der Waals surface area (Å²) in [7, 11) is 0. The van der Waals surface area contributed by atoms with Crippen LogP contribution in [0.3, 0.4) is 0 Å². The van der Waals surface area contributed by atoms with Crippen molar-refractivity contribution in [1.82, 2.24) is 14.6 Å². The molecular weight excluding hydrogens is 336 g/mol. The number of aryl methyl sites for hydroxylation is 3. The molecule has 2 aromatic heterocycles. The van der Waals surface area contributed by atoms with E-state index in [1.54, 1.807) is 0 Å². The van der Waals surface area contributed by atoms with Crippen LogP contribution in [0, 0.1) is 20.8 Å². The fourth-order valence-electron chi connectivity index (χ4n) is 3.52. The van der Waals surface area contributed by atoms with Gasteiger partial charge in [0.1, 0.15) is 0 Å². The fraction of sp³-hybridized carbons (Fsp3) is 0.227. The maximum Gasteiger partial charge on any atom is 0.224 e. The molecule has 4 aromatic rings. The molecule has 27 heavy (non-hydrogen) atoms. The average molecular weight is 358 g/mol. The predicted molar refractivity (Wildman–Crippen MR) is 108 cm³/mol. The van der Waals surface area contributed by atoms with Gasteiger partial charge in [-0.2, -0.15) is 5.10 Å². The highest BCUT2D eigenvalue weighted by Gasteiger charge is 2.15. The second-order valence-electron chi connectivity index (χ2n) is 6.93. The van der Waals surface area contributed by atoms with E-state index in [1.807, 2.05) is 73.8 Å². The van der Waals surface area contributed by atoms with Crippen molar-refractivity contribution in [2.24, 2.45) is 0 Å². The number of carbonyl (C=O) groups excluding carboxylic acids is 1. The van der Waals surface area contributed by atoms with E-state index >= 15 is 0 Å². The van der Waals surface area contributed by atoms with Crippen LogP contribution in [0.25, 0.3) is 16.6 Å². The molecule has 1 amide bonds. The van der Waals surface area contributed by atoms with E-state index in [0.717, 1.165) is 44.8 Å². The molecule has 136 valence electrons. The minimum atomic E-state index is 0.00474. The van der Waals surface area contributed by atoms with Crippen LogP contribution in [0.5, 0.6) is 0 Å². The van der Waals surface area contributed by atoms with Gasteiger partial charge in [0, 0.05) is 28.9 Å². The zero-order valence-electron chi connectivity index (χ0n) is 15.8. The average Bonchev–Trinajstić information content (AvgIpc) is 3.00. The third-order valence-corrected chi connectivity index (χ3v) is 4.92. The van der Waals surface area contributed by atoms with Crippen LogP contribution in [0.4, 0.5) is 5.69 Å². The quantitative estimate of drug-likeness (QED) is 0.589. The maximum atomic E-state index is 12.4. The first-order valence-electron chi connectivity index (χ1n) is 9.13. The van der Waals surface area contributed by atoms with E-state index < -0.39 is 0 Å². The van der Waals surface area contributed by atoms with Crippen molar-refractivity contribution in [1.29, 1.82) is 0 Å². The molecule has 0 saturated heterocycles. The van der Waals surface area contributed by atoms with E-state index in [4.69, 9.17) is 4.98 Å². The second kappa shape index (κ2) is 6.83. The van der Waals surface area contributed by atoms with Crippen molar-refractivity contribution >= 4 is 28.1 Å². The summed E-state index contributed by atoms with van der Waals surface area (Å²) in [5, 5.41) is 8.69. The molecule has 0 spiro atoms. The van der Waals surface area contributed by atoms with Crippen LogP contribution in [-0.2, 0) is 11.2 Å². The number of hydrogen-bond donors (Lipinski definition) is 1. The summed E-state index contributed by atoms with van der Waals surface area (Å²) in [5.41, 5.74) is 6.83. The Kier molecular flexibility index (Phi) is 4.36. The Morgan fingerprint density at radius 2 is 1.89 bits per heavy atom. The highest BCUT2D eigenvalue weighted by molar-refractivity contribution is 5.92. The van der Waals surface area contributed by atoms with Crippen molar-refractivity contribution in [3.05, 3.63) is 71.0 Å². The van der Waals surface area contributed by atoms with Gasteiger partial charge in [-0.25, -0.2) is 9.50 Å². The number of hydrogen-bond acceptors (Lipinski definition) is 3. The monoisotopic (exact) mass is 358 g/mol. The number of nitrogens with one attached hydrogen (secondary N) is 1. The molecule has 1 N–H and O–H groups in total. The van der Waals surface area contributed by atoms with Crippen LogP contribution in [0.1, 0.15) is 28.9 Å². The van der Waals surface area contributed by atoms with E-state index in [-0.39, 0.29) is 5.91 Å². The molecule has 0 atom stereocenters. The summed E-state index contributed by atoms with van der Waals surface area (Å²) in [5.74, 6) is 0.00474. The molecule has 5 heteroatoms. The third-order valence-electron chi connectivity index (χ3n) is 4.92. The molecule has 2 heterocycles. The summed E-state index contributed by atoms with van der Waals surface area (Å²) in [6.07, 6.45) is 1.04. The summed E-state index contributed by atoms with van der Waals surface area (Å²) in [6.45, 7) is 6.06. The fourth-order valence-corrected chi connectivity index (χ4v) is 3.52. The standard InChI is InChI=1S/C22H22N4O/c1-14-7-6-8-17(13-14)24-21(27)12-11-18-15(2)23-22-19-9-4-5-10-20(19)25-26(22)16(18)3/h4-10,13H,11-12H2,1-3H3,(H,24,27). The third kappa shape index (κ3) is 3.28. The molecule has 0 aliphatic heterocycles.